The Hall–Kier alpha value is -2.79. The van der Waals surface area contributed by atoms with E-state index in [9.17, 15) is 5.11 Å². The van der Waals surface area contributed by atoms with Crippen LogP contribution in [0.25, 0.3) is 5.69 Å². The molecule has 0 radical (unpaired) electrons. The molecule has 1 aliphatic carbocycles. The molecule has 0 bridgehead atoms. The molecule has 0 saturated heterocycles. The number of hydrogen-bond acceptors (Lipinski definition) is 4. The van der Waals surface area contributed by atoms with E-state index in [2.05, 4.69) is 42.0 Å². The van der Waals surface area contributed by atoms with E-state index in [1.165, 1.54) is 22.4 Å². The summed E-state index contributed by atoms with van der Waals surface area (Å²) in [6, 6.07) is 12.3. The van der Waals surface area contributed by atoms with Gasteiger partial charge in [0.1, 0.15) is 0 Å². The van der Waals surface area contributed by atoms with E-state index in [1.807, 2.05) is 12.3 Å². The van der Waals surface area contributed by atoms with Crippen LogP contribution in [0.3, 0.4) is 0 Å². The number of rotatable bonds is 5. The molecule has 1 unspecified atom stereocenters. The molecule has 5 heteroatoms. The summed E-state index contributed by atoms with van der Waals surface area (Å²) < 4.78 is 7.21. The van der Waals surface area contributed by atoms with Crippen molar-refractivity contribution in [1.82, 2.24) is 15.1 Å². The Morgan fingerprint density at radius 2 is 2.04 bits per heavy atom. The van der Waals surface area contributed by atoms with Crippen LogP contribution in [0.5, 0.6) is 11.5 Å². The van der Waals surface area contributed by atoms with Crippen LogP contribution in [0.4, 0.5) is 0 Å². The highest BCUT2D eigenvalue weighted by atomic mass is 16.5. The standard InChI is InChI=1S/C23H27N3O2/c1-15-7-9-18(11-16(15)2)26-21-6-4-5-20(19(21)14-25-26)24-13-17-8-10-23(28-3)22(27)12-17/h7-12,14,20,24,27H,4-6,13H2,1-3H3. The van der Waals surface area contributed by atoms with Gasteiger partial charge in [0.05, 0.1) is 19.0 Å². The minimum atomic E-state index is 0.175. The zero-order valence-corrected chi connectivity index (χ0v) is 16.7. The SMILES string of the molecule is COc1ccc(CNC2CCCc3c2cnn3-c2ccc(C)c(C)c2)cc1O. The molecule has 146 valence electrons. The largest absolute Gasteiger partial charge is 0.504 e. The number of nitrogens with zero attached hydrogens (tertiary/aromatic N) is 2. The van der Waals surface area contributed by atoms with Crippen LogP contribution in [0, 0.1) is 13.8 Å². The third-order valence-electron chi connectivity index (χ3n) is 5.71. The number of aromatic nitrogens is 2. The van der Waals surface area contributed by atoms with Gasteiger partial charge in [-0.2, -0.15) is 5.10 Å². The van der Waals surface area contributed by atoms with Crippen molar-refractivity contribution in [2.75, 3.05) is 7.11 Å². The number of ether oxygens (including phenoxy) is 1. The highest BCUT2D eigenvalue weighted by molar-refractivity contribution is 5.43. The quantitative estimate of drug-likeness (QED) is 0.693. The molecule has 2 aromatic carbocycles. The molecule has 0 fully saturated rings. The minimum Gasteiger partial charge on any atom is -0.504 e. The topological polar surface area (TPSA) is 59.3 Å². The van der Waals surface area contributed by atoms with Gasteiger partial charge in [-0.05, 0) is 74.1 Å². The Bertz CT molecular complexity index is 994. The number of benzene rings is 2. The van der Waals surface area contributed by atoms with Crippen LogP contribution in [0.1, 0.15) is 46.8 Å². The Morgan fingerprint density at radius 1 is 1.18 bits per heavy atom. The third kappa shape index (κ3) is 3.50. The Kier molecular flexibility index (Phi) is 5.09. The Balaban J connectivity index is 1.54. The molecule has 1 aromatic heterocycles. The molecule has 3 aromatic rings. The van der Waals surface area contributed by atoms with E-state index in [4.69, 9.17) is 9.84 Å². The Morgan fingerprint density at radius 3 is 2.79 bits per heavy atom. The summed E-state index contributed by atoms with van der Waals surface area (Å²) in [5.74, 6) is 0.673. The molecule has 2 N–H and O–H groups in total. The lowest BCUT2D eigenvalue weighted by atomic mass is 9.92. The average molecular weight is 377 g/mol. The summed E-state index contributed by atoms with van der Waals surface area (Å²) in [5.41, 5.74) is 7.32. The van der Waals surface area contributed by atoms with Crippen LogP contribution in [0.2, 0.25) is 0 Å². The van der Waals surface area contributed by atoms with E-state index in [-0.39, 0.29) is 11.8 Å². The first-order valence-electron chi connectivity index (χ1n) is 9.80. The van der Waals surface area contributed by atoms with Gasteiger partial charge in [-0.1, -0.05) is 12.1 Å². The molecular formula is C23H27N3O2. The highest BCUT2D eigenvalue weighted by Crippen LogP contribution is 2.32. The monoisotopic (exact) mass is 377 g/mol. The average Bonchev–Trinajstić information content (AvgIpc) is 3.13. The normalized spacial score (nSPS) is 16.0. The van der Waals surface area contributed by atoms with E-state index >= 15 is 0 Å². The van der Waals surface area contributed by atoms with Gasteiger partial charge in [-0.15, -0.1) is 0 Å². The van der Waals surface area contributed by atoms with Gasteiger partial charge >= 0.3 is 0 Å². The molecule has 5 nitrogen and oxygen atoms in total. The molecule has 28 heavy (non-hydrogen) atoms. The fraction of sp³-hybridized carbons (Fsp3) is 0.348. The zero-order chi connectivity index (χ0) is 19.7. The molecule has 0 saturated carbocycles. The van der Waals surface area contributed by atoms with Gasteiger partial charge in [0, 0.05) is 23.8 Å². The second kappa shape index (κ2) is 7.68. The Labute approximate surface area is 166 Å². The smallest absolute Gasteiger partial charge is 0.160 e. The second-order valence-corrected chi connectivity index (χ2v) is 7.56. The van der Waals surface area contributed by atoms with Gasteiger partial charge in [0.15, 0.2) is 11.5 Å². The minimum absolute atomic E-state index is 0.175. The van der Waals surface area contributed by atoms with Crippen molar-refractivity contribution >= 4 is 0 Å². The van der Waals surface area contributed by atoms with Gasteiger partial charge in [-0.25, -0.2) is 4.68 Å². The number of hydrogen-bond donors (Lipinski definition) is 2. The fourth-order valence-electron chi connectivity index (χ4n) is 3.94. The molecular weight excluding hydrogens is 350 g/mol. The molecule has 0 amide bonds. The van der Waals surface area contributed by atoms with Crippen molar-refractivity contribution in [3.63, 3.8) is 0 Å². The first-order chi connectivity index (χ1) is 13.6. The van der Waals surface area contributed by atoms with E-state index in [1.54, 1.807) is 19.2 Å². The number of fused-ring (bicyclic) bond motifs is 1. The van der Waals surface area contributed by atoms with Gasteiger partial charge in [0.2, 0.25) is 0 Å². The highest BCUT2D eigenvalue weighted by Gasteiger charge is 2.24. The van der Waals surface area contributed by atoms with Gasteiger partial charge in [0.25, 0.3) is 0 Å². The molecule has 0 spiro atoms. The van der Waals surface area contributed by atoms with Crippen LogP contribution < -0.4 is 10.1 Å². The number of nitrogens with one attached hydrogen (secondary N) is 1. The first-order valence-corrected chi connectivity index (χ1v) is 9.80. The van der Waals surface area contributed by atoms with Crippen LogP contribution in [0.15, 0.2) is 42.6 Å². The lowest BCUT2D eigenvalue weighted by Crippen LogP contribution is -2.25. The summed E-state index contributed by atoms with van der Waals surface area (Å²) >= 11 is 0. The summed E-state index contributed by atoms with van der Waals surface area (Å²) in [6.45, 7) is 4.97. The van der Waals surface area contributed by atoms with Crippen molar-refractivity contribution in [2.24, 2.45) is 0 Å². The van der Waals surface area contributed by atoms with E-state index in [0.29, 0.717) is 12.3 Å². The summed E-state index contributed by atoms with van der Waals surface area (Å²) in [5, 5.41) is 18.3. The summed E-state index contributed by atoms with van der Waals surface area (Å²) in [7, 11) is 1.56. The maximum absolute atomic E-state index is 9.99. The number of aromatic hydroxyl groups is 1. The molecule has 1 heterocycles. The predicted octanol–water partition coefficient (Wildman–Crippen LogP) is 4.37. The molecule has 0 aliphatic heterocycles. The zero-order valence-electron chi connectivity index (χ0n) is 16.7. The fourth-order valence-corrected chi connectivity index (χ4v) is 3.94. The number of phenolic OH excluding ortho intramolecular Hbond substituents is 1. The van der Waals surface area contributed by atoms with E-state index in [0.717, 1.165) is 30.5 Å². The van der Waals surface area contributed by atoms with Crippen molar-refractivity contribution in [3.8, 4) is 17.2 Å². The maximum Gasteiger partial charge on any atom is 0.160 e. The molecule has 1 atom stereocenters. The molecule has 1 aliphatic rings. The molecule has 4 rings (SSSR count). The lowest BCUT2D eigenvalue weighted by molar-refractivity contribution is 0.372. The lowest BCUT2D eigenvalue weighted by Gasteiger charge is -2.24. The van der Waals surface area contributed by atoms with Crippen LogP contribution in [-0.4, -0.2) is 22.0 Å². The number of methoxy groups -OCH3 is 1. The van der Waals surface area contributed by atoms with Crippen molar-refractivity contribution < 1.29 is 9.84 Å². The van der Waals surface area contributed by atoms with E-state index < -0.39 is 0 Å². The van der Waals surface area contributed by atoms with Crippen molar-refractivity contribution in [2.45, 2.75) is 45.7 Å². The maximum atomic E-state index is 9.99. The van der Waals surface area contributed by atoms with Crippen LogP contribution in [-0.2, 0) is 13.0 Å². The van der Waals surface area contributed by atoms with Gasteiger partial charge < -0.3 is 15.2 Å². The van der Waals surface area contributed by atoms with Crippen molar-refractivity contribution in [3.05, 3.63) is 70.5 Å². The van der Waals surface area contributed by atoms with Crippen LogP contribution >= 0.6 is 0 Å². The predicted molar refractivity (Wildman–Crippen MR) is 110 cm³/mol. The summed E-state index contributed by atoms with van der Waals surface area (Å²) in [6.07, 6.45) is 5.28. The third-order valence-corrected chi connectivity index (χ3v) is 5.71. The first kappa shape index (κ1) is 18.6. The second-order valence-electron chi connectivity index (χ2n) is 7.56. The number of aryl methyl sites for hydroxylation is 2. The van der Waals surface area contributed by atoms with Gasteiger partial charge in [-0.3, -0.25) is 0 Å². The summed E-state index contributed by atoms with van der Waals surface area (Å²) in [4.78, 5) is 0. The number of phenols is 1. The van der Waals surface area contributed by atoms with Crippen molar-refractivity contribution in [1.29, 1.82) is 0 Å².